The van der Waals surface area contributed by atoms with Crippen molar-refractivity contribution in [1.82, 2.24) is 30.3 Å². The zero-order valence-corrected chi connectivity index (χ0v) is 14.9. The van der Waals surface area contributed by atoms with Crippen LogP contribution in [0.3, 0.4) is 0 Å². The van der Waals surface area contributed by atoms with Crippen LogP contribution in [-0.2, 0) is 9.59 Å². The van der Waals surface area contributed by atoms with Gasteiger partial charge < -0.3 is 10.2 Å². The number of hydrogen-bond acceptors (Lipinski definition) is 8. The number of hydrogen-bond donors (Lipinski definition) is 1. The fourth-order valence-electron chi connectivity index (χ4n) is 3.22. The molecule has 4 heterocycles. The molecule has 1 atom stereocenters. The molecule has 0 bridgehead atoms. The molecule has 0 saturated carbocycles. The number of aromatic nitrogens is 5. The molecular formula is C16H19N7O2S. The third kappa shape index (κ3) is 3.55. The van der Waals surface area contributed by atoms with Crippen LogP contribution in [0, 0.1) is 5.92 Å². The van der Waals surface area contributed by atoms with Gasteiger partial charge in [-0.1, -0.05) is 11.8 Å². The van der Waals surface area contributed by atoms with Gasteiger partial charge >= 0.3 is 0 Å². The van der Waals surface area contributed by atoms with Crippen LogP contribution in [0.5, 0.6) is 0 Å². The largest absolute Gasteiger partial charge is 0.355 e. The van der Waals surface area contributed by atoms with E-state index in [9.17, 15) is 9.59 Å². The Morgan fingerprint density at radius 2 is 1.92 bits per heavy atom. The predicted octanol–water partition coefficient (Wildman–Crippen LogP) is 0.422. The summed E-state index contributed by atoms with van der Waals surface area (Å²) in [5.41, 5.74) is 0. The molecule has 26 heavy (non-hydrogen) atoms. The van der Waals surface area contributed by atoms with Crippen LogP contribution >= 0.6 is 11.8 Å². The van der Waals surface area contributed by atoms with Crippen molar-refractivity contribution in [3.8, 4) is 5.82 Å². The van der Waals surface area contributed by atoms with Gasteiger partial charge in [-0.3, -0.25) is 9.59 Å². The van der Waals surface area contributed by atoms with Gasteiger partial charge in [0, 0.05) is 24.8 Å². The Morgan fingerprint density at radius 1 is 1.15 bits per heavy atom. The Balaban J connectivity index is 1.32. The van der Waals surface area contributed by atoms with Crippen molar-refractivity contribution in [2.24, 2.45) is 5.92 Å². The maximum atomic E-state index is 12.4. The zero-order valence-electron chi connectivity index (χ0n) is 14.1. The smallest absolute Gasteiger partial charge is 0.223 e. The van der Waals surface area contributed by atoms with Crippen LogP contribution in [-0.4, -0.2) is 60.9 Å². The Morgan fingerprint density at radius 3 is 2.54 bits per heavy atom. The summed E-state index contributed by atoms with van der Waals surface area (Å²) in [5, 5.41) is 15.4. The number of thioether (sulfide) groups is 1. The van der Waals surface area contributed by atoms with E-state index in [0.29, 0.717) is 5.82 Å². The fraction of sp³-hybridized carbons (Fsp3) is 0.500. The summed E-state index contributed by atoms with van der Waals surface area (Å²) in [6.07, 6.45) is 5.24. The molecule has 0 radical (unpaired) electrons. The van der Waals surface area contributed by atoms with E-state index in [-0.39, 0.29) is 23.0 Å². The van der Waals surface area contributed by atoms with Gasteiger partial charge in [0.2, 0.25) is 11.0 Å². The van der Waals surface area contributed by atoms with E-state index in [1.54, 1.807) is 11.0 Å². The second kappa shape index (κ2) is 7.40. The first-order valence-electron chi connectivity index (χ1n) is 8.61. The van der Waals surface area contributed by atoms with E-state index in [1.165, 1.54) is 18.1 Å². The number of rotatable bonds is 4. The van der Waals surface area contributed by atoms with Crippen LogP contribution < -0.4 is 10.2 Å². The molecule has 1 amide bonds. The molecule has 2 aliphatic rings. The third-order valence-electron chi connectivity index (χ3n) is 4.73. The molecule has 4 rings (SSSR count). The van der Waals surface area contributed by atoms with Gasteiger partial charge in [0.1, 0.15) is 12.7 Å². The van der Waals surface area contributed by atoms with Crippen molar-refractivity contribution in [2.45, 2.75) is 25.3 Å². The first-order chi connectivity index (χ1) is 12.7. The highest BCUT2D eigenvalue weighted by Gasteiger charge is 2.31. The average molecular weight is 373 g/mol. The standard InChI is InChI=1S/C16H19N7O2S/c24-15(19-12-5-8-26-16(12)25)11-3-6-22(7-4-11)13-1-2-14(21-20-13)23-10-17-9-18-23/h1-2,9-12H,3-8H2,(H,19,24)/t12-/m0/s1. The Kier molecular flexibility index (Phi) is 4.83. The Hall–Kier alpha value is -2.49. The number of piperidine rings is 1. The molecule has 2 aromatic rings. The minimum Gasteiger partial charge on any atom is -0.355 e. The Bertz CT molecular complexity index is 772. The number of carbonyl (C=O) groups excluding carboxylic acids is 2. The fourth-order valence-corrected chi connectivity index (χ4v) is 4.16. The number of nitrogens with one attached hydrogen (secondary N) is 1. The van der Waals surface area contributed by atoms with E-state index in [1.807, 2.05) is 12.1 Å². The quantitative estimate of drug-likeness (QED) is 0.822. The van der Waals surface area contributed by atoms with E-state index >= 15 is 0 Å². The second-order valence-corrected chi connectivity index (χ2v) is 7.47. The topological polar surface area (TPSA) is 106 Å². The highest BCUT2D eigenvalue weighted by atomic mass is 32.2. The van der Waals surface area contributed by atoms with Gasteiger partial charge in [0.05, 0.1) is 6.04 Å². The van der Waals surface area contributed by atoms with Crippen molar-refractivity contribution in [2.75, 3.05) is 23.7 Å². The van der Waals surface area contributed by atoms with Crippen molar-refractivity contribution in [1.29, 1.82) is 0 Å². The van der Waals surface area contributed by atoms with Crippen molar-refractivity contribution in [3.05, 3.63) is 24.8 Å². The number of carbonyl (C=O) groups is 2. The summed E-state index contributed by atoms with van der Waals surface area (Å²) in [6.45, 7) is 1.48. The van der Waals surface area contributed by atoms with E-state index in [0.717, 1.165) is 43.9 Å². The second-order valence-electron chi connectivity index (χ2n) is 6.37. The minimum absolute atomic E-state index is 0.00175. The monoisotopic (exact) mass is 373 g/mol. The molecule has 136 valence electrons. The van der Waals surface area contributed by atoms with Gasteiger partial charge in [-0.05, 0) is 31.4 Å². The highest BCUT2D eigenvalue weighted by Crippen LogP contribution is 2.24. The summed E-state index contributed by atoms with van der Waals surface area (Å²) in [7, 11) is 0. The van der Waals surface area contributed by atoms with E-state index in [2.05, 4.69) is 30.5 Å². The number of amides is 1. The SMILES string of the molecule is O=C(N[C@H]1CCSC1=O)C1CCN(c2ccc(-n3cncn3)nn2)CC1. The van der Waals surface area contributed by atoms with Crippen molar-refractivity contribution < 1.29 is 9.59 Å². The summed E-state index contributed by atoms with van der Waals surface area (Å²) in [6, 6.07) is 3.44. The third-order valence-corrected chi connectivity index (χ3v) is 5.74. The molecule has 9 nitrogen and oxygen atoms in total. The highest BCUT2D eigenvalue weighted by molar-refractivity contribution is 8.14. The molecule has 2 aliphatic heterocycles. The molecule has 0 aliphatic carbocycles. The molecule has 2 fully saturated rings. The maximum absolute atomic E-state index is 12.4. The van der Waals surface area contributed by atoms with Crippen LogP contribution in [0.1, 0.15) is 19.3 Å². The lowest BCUT2D eigenvalue weighted by atomic mass is 9.95. The normalized spacial score (nSPS) is 21.2. The molecule has 0 spiro atoms. The van der Waals surface area contributed by atoms with E-state index < -0.39 is 0 Å². The van der Waals surface area contributed by atoms with Crippen LogP contribution in [0.4, 0.5) is 5.82 Å². The average Bonchev–Trinajstić information content (AvgIpc) is 3.35. The maximum Gasteiger partial charge on any atom is 0.223 e. The molecule has 2 aromatic heterocycles. The van der Waals surface area contributed by atoms with Gasteiger partial charge in [-0.25, -0.2) is 9.67 Å². The van der Waals surface area contributed by atoms with Crippen LogP contribution in [0.2, 0.25) is 0 Å². The number of anilines is 1. The summed E-state index contributed by atoms with van der Waals surface area (Å²) in [4.78, 5) is 30.1. The summed E-state index contributed by atoms with van der Waals surface area (Å²) in [5.74, 6) is 2.14. The number of nitrogens with zero attached hydrogens (tertiary/aromatic N) is 6. The van der Waals surface area contributed by atoms with Crippen LogP contribution in [0.25, 0.3) is 5.82 Å². The van der Waals surface area contributed by atoms with Crippen molar-refractivity contribution in [3.63, 3.8) is 0 Å². The van der Waals surface area contributed by atoms with E-state index in [4.69, 9.17) is 0 Å². The summed E-state index contributed by atoms with van der Waals surface area (Å²) < 4.78 is 1.55. The predicted molar refractivity (Wildman–Crippen MR) is 95.9 cm³/mol. The lowest BCUT2D eigenvalue weighted by Gasteiger charge is -2.32. The molecule has 0 aromatic carbocycles. The summed E-state index contributed by atoms with van der Waals surface area (Å²) >= 11 is 1.30. The first kappa shape index (κ1) is 17.0. The lowest BCUT2D eigenvalue weighted by Crippen LogP contribution is -2.45. The molecule has 10 heteroatoms. The Labute approximate surface area is 154 Å². The van der Waals surface area contributed by atoms with Gasteiger partial charge in [0.15, 0.2) is 11.6 Å². The zero-order chi connectivity index (χ0) is 17.9. The van der Waals surface area contributed by atoms with Crippen LogP contribution in [0.15, 0.2) is 24.8 Å². The van der Waals surface area contributed by atoms with Crippen molar-refractivity contribution >= 4 is 28.6 Å². The molecular weight excluding hydrogens is 354 g/mol. The first-order valence-corrected chi connectivity index (χ1v) is 9.60. The van der Waals surface area contributed by atoms with Gasteiger partial charge in [0.25, 0.3) is 0 Å². The van der Waals surface area contributed by atoms with Gasteiger partial charge in [-0.15, -0.1) is 10.2 Å². The molecule has 2 saturated heterocycles. The van der Waals surface area contributed by atoms with Gasteiger partial charge in [-0.2, -0.15) is 5.10 Å². The molecule has 1 N–H and O–H groups in total. The minimum atomic E-state index is -0.305. The molecule has 0 unspecified atom stereocenters. The lowest BCUT2D eigenvalue weighted by molar-refractivity contribution is -0.128.